The highest BCUT2D eigenvalue weighted by Gasteiger charge is 2.31. The number of hydrogen-bond donors (Lipinski definition) is 1. The zero-order chi connectivity index (χ0) is 12.1. The molecule has 0 aliphatic carbocycles. The first-order valence-electron chi connectivity index (χ1n) is 6.15. The molecule has 0 radical (unpaired) electrons. The predicted molar refractivity (Wildman–Crippen MR) is 70.0 cm³/mol. The second-order valence-electron chi connectivity index (χ2n) is 4.67. The van der Waals surface area contributed by atoms with Crippen molar-refractivity contribution in [2.24, 2.45) is 0 Å². The average molecular weight is 249 g/mol. The summed E-state index contributed by atoms with van der Waals surface area (Å²) in [5, 5.41) is 13.5. The molecule has 0 aromatic heterocycles. The normalized spacial score (nSPS) is 24.2. The maximum absolute atomic E-state index is 9.34. The van der Waals surface area contributed by atoms with E-state index >= 15 is 0 Å². The Morgan fingerprint density at radius 1 is 1.35 bits per heavy atom. The van der Waals surface area contributed by atoms with E-state index < -0.39 is 0 Å². The van der Waals surface area contributed by atoms with Crippen LogP contribution in [0.5, 0.6) is 0 Å². The van der Waals surface area contributed by atoms with Crippen LogP contribution in [0.3, 0.4) is 0 Å². The Kier molecular flexibility index (Phi) is 4.04. The topological polar surface area (TPSA) is 35.8 Å². The van der Waals surface area contributed by atoms with Gasteiger partial charge in [0.25, 0.3) is 0 Å². The molecule has 0 spiro atoms. The zero-order valence-corrected chi connectivity index (χ0v) is 10.6. The van der Waals surface area contributed by atoms with Crippen LogP contribution < -0.4 is 5.32 Å². The third-order valence-corrected chi connectivity index (χ3v) is 3.86. The van der Waals surface area contributed by atoms with Crippen LogP contribution in [-0.4, -0.2) is 12.1 Å². The lowest BCUT2D eigenvalue weighted by atomic mass is 9.85. The van der Waals surface area contributed by atoms with E-state index in [0.717, 1.165) is 42.8 Å². The van der Waals surface area contributed by atoms with Crippen LogP contribution in [0.1, 0.15) is 31.2 Å². The monoisotopic (exact) mass is 248 g/mol. The Bertz CT molecular complexity index is 416. The second kappa shape index (κ2) is 5.53. The molecule has 0 saturated carbocycles. The van der Waals surface area contributed by atoms with Gasteiger partial charge in [0.1, 0.15) is 5.54 Å². The summed E-state index contributed by atoms with van der Waals surface area (Å²) in [5.74, 6) is 0. The highest BCUT2D eigenvalue weighted by atomic mass is 35.5. The highest BCUT2D eigenvalue weighted by Crippen LogP contribution is 2.26. The molecule has 1 aromatic carbocycles. The van der Waals surface area contributed by atoms with Gasteiger partial charge in [-0.25, -0.2) is 0 Å². The van der Waals surface area contributed by atoms with Crippen molar-refractivity contribution in [2.75, 3.05) is 6.54 Å². The van der Waals surface area contributed by atoms with E-state index in [4.69, 9.17) is 11.6 Å². The molecule has 1 N–H and O–H groups in total. The van der Waals surface area contributed by atoms with Crippen LogP contribution in [0.2, 0.25) is 5.02 Å². The smallest absolute Gasteiger partial charge is 0.107 e. The standard InChI is InChI=1S/C14H17ClN2/c15-13-6-2-1-5-12(13)7-9-14(11-16)8-3-4-10-17-14/h1-2,5-6,17H,3-4,7-10H2. The van der Waals surface area contributed by atoms with Crippen molar-refractivity contribution in [3.63, 3.8) is 0 Å². The lowest BCUT2D eigenvalue weighted by molar-refractivity contribution is 0.305. The van der Waals surface area contributed by atoms with Gasteiger partial charge in [0, 0.05) is 5.02 Å². The molecule has 2 rings (SSSR count). The van der Waals surface area contributed by atoms with E-state index in [-0.39, 0.29) is 5.54 Å². The maximum Gasteiger partial charge on any atom is 0.107 e. The molecule has 0 amide bonds. The molecular formula is C14H17ClN2. The number of aryl methyl sites for hydroxylation is 1. The Balaban J connectivity index is 2.01. The summed E-state index contributed by atoms with van der Waals surface area (Å²) in [5.41, 5.74) is 0.799. The number of hydrogen-bond acceptors (Lipinski definition) is 2. The van der Waals surface area contributed by atoms with Crippen LogP contribution >= 0.6 is 11.6 Å². The van der Waals surface area contributed by atoms with E-state index in [1.165, 1.54) is 6.42 Å². The maximum atomic E-state index is 9.34. The van der Waals surface area contributed by atoms with Gasteiger partial charge in [-0.1, -0.05) is 29.8 Å². The minimum absolute atomic E-state index is 0.336. The van der Waals surface area contributed by atoms with Gasteiger partial charge >= 0.3 is 0 Å². The Morgan fingerprint density at radius 3 is 2.82 bits per heavy atom. The lowest BCUT2D eigenvalue weighted by Crippen LogP contribution is -2.47. The fourth-order valence-corrected chi connectivity index (χ4v) is 2.61. The molecule has 1 saturated heterocycles. The molecule has 90 valence electrons. The second-order valence-corrected chi connectivity index (χ2v) is 5.08. The molecule has 0 bridgehead atoms. The van der Waals surface area contributed by atoms with Gasteiger partial charge in [-0.15, -0.1) is 0 Å². The minimum atomic E-state index is -0.336. The molecule has 2 nitrogen and oxygen atoms in total. The number of halogens is 1. The summed E-state index contributed by atoms with van der Waals surface area (Å²) in [6.07, 6.45) is 4.97. The molecule has 1 unspecified atom stereocenters. The molecule has 1 atom stereocenters. The number of rotatable bonds is 3. The fourth-order valence-electron chi connectivity index (χ4n) is 2.38. The van der Waals surface area contributed by atoms with Crippen LogP contribution in [-0.2, 0) is 6.42 Å². The third kappa shape index (κ3) is 3.00. The van der Waals surface area contributed by atoms with Crippen molar-refractivity contribution in [1.82, 2.24) is 5.32 Å². The molecule has 17 heavy (non-hydrogen) atoms. The quantitative estimate of drug-likeness (QED) is 0.891. The van der Waals surface area contributed by atoms with Gasteiger partial charge in [-0.3, -0.25) is 5.32 Å². The number of nitrogens with one attached hydrogen (secondary N) is 1. The van der Waals surface area contributed by atoms with E-state index in [9.17, 15) is 5.26 Å². The first-order valence-corrected chi connectivity index (χ1v) is 6.53. The number of piperidine rings is 1. The summed E-state index contributed by atoms with van der Waals surface area (Å²) in [4.78, 5) is 0. The van der Waals surface area contributed by atoms with Crippen molar-refractivity contribution in [3.8, 4) is 6.07 Å². The largest absolute Gasteiger partial charge is 0.299 e. The molecule has 1 heterocycles. The zero-order valence-electron chi connectivity index (χ0n) is 9.88. The number of nitrogens with zero attached hydrogens (tertiary/aromatic N) is 1. The highest BCUT2D eigenvalue weighted by molar-refractivity contribution is 6.31. The molecule has 1 aliphatic rings. The lowest BCUT2D eigenvalue weighted by Gasteiger charge is -2.32. The van der Waals surface area contributed by atoms with Gasteiger partial charge in [0.05, 0.1) is 6.07 Å². The summed E-state index contributed by atoms with van der Waals surface area (Å²) in [6.45, 7) is 0.954. The summed E-state index contributed by atoms with van der Waals surface area (Å²) < 4.78 is 0. The number of benzene rings is 1. The predicted octanol–water partition coefficient (Wildman–Crippen LogP) is 3.31. The molecule has 1 aliphatic heterocycles. The summed E-state index contributed by atoms with van der Waals surface area (Å²) in [7, 11) is 0. The first-order chi connectivity index (χ1) is 8.26. The number of nitriles is 1. The summed E-state index contributed by atoms with van der Waals surface area (Å²) in [6, 6.07) is 10.3. The SMILES string of the molecule is N#CC1(CCc2ccccc2Cl)CCCCN1. The van der Waals surface area contributed by atoms with Gasteiger partial charge < -0.3 is 0 Å². The Hall–Kier alpha value is -1.04. The van der Waals surface area contributed by atoms with Crippen LogP contribution in [0.25, 0.3) is 0 Å². The van der Waals surface area contributed by atoms with Crippen molar-refractivity contribution < 1.29 is 0 Å². The molecular weight excluding hydrogens is 232 g/mol. The van der Waals surface area contributed by atoms with E-state index in [1.54, 1.807) is 0 Å². The van der Waals surface area contributed by atoms with Crippen molar-refractivity contribution >= 4 is 11.6 Å². The van der Waals surface area contributed by atoms with Crippen molar-refractivity contribution in [2.45, 2.75) is 37.6 Å². The van der Waals surface area contributed by atoms with E-state index in [1.807, 2.05) is 24.3 Å². The first kappa shape index (κ1) is 12.4. The average Bonchev–Trinajstić information content (AvgIpc) is 2.39. The van der Waals surface area contributed by atoms with Gasteiger partial charge in [-0.2, -0.15) is 5.26 Å². The van der Waals surface area contributed by atoms with Gasteiger partial charge in [0.2, 0.25) is 0 Å². The van der Waals surface area contributed by atoms with Crippen LogP contribution in [0.15, 0.2) is 24.3 Å². The van der Waals surface area contributed by atoms with Gasteiger partial charge in [-0.05, 0) is 50.3 Å². The molecule has 1 aromatic rings. The van der Waals surface area contributed by atoms with Crippen molar-refractivity contribution in [1.29, 1.82) is 5.26 Å². The molecule has 1 fully saturated rings. The Labute approximate surface area is 108 Å². The molecule has 3 heteroatoms. The van der Waals surface area contributed by atoms with Crippen LogP contribution in [0.4, 0.5) is 0 Å². The third-order valence-electron chi connectivity index (χ3n) is 3.49. The van der Waals surface area contributed by atoms with E-state index in [0.29, 0.717) is 0 Å². The minimum Gasteiger partial charge on any atom is -0.299 e. The van der Waals surface area contributed by atoms with E-state index in [2.05, 4.69) is 11.4 Å². The van der Waals surface area contributed by atoms with Crippen LogP contribution in [0, 0.1) is 11.3 Å². The Morgan fingerprint density at radius 2 is 2.18 bits per heavy atom. The van der Waals surface area contributed by atoms with Gasteiger partial charge in [0.15, 0.2) is 0 Å². The fraction of sp³-hybridized carbons (Fsp3) is 0.500. The summed E-state index contributed by atoms with van der Waals surface area (Å²) >= 11 is 6.13. The van der Waals surface area contributed by atoms with Crippen molar-refractivity contribution in [3.05, 3.63) is 34.9 Å².